The van der Waals surface area contributed by atoms with Crippen LogP contribution in [0.4, 0.5) is 13.2 Å². The molecule has 26 heavy (non-hydrogen) atoms. The Kier molecular flexibility index (Phi) is 5.32. The second kappa shape index (κ2) is 7.50. The fourth-order valence-corrected chi connectivity index (χ4v) is 3.38. The lowest BCUT2D eigenvalue weighted by Gasteiger charge is -2.32. The quantitative estimate of drug-likeness (QED) is 0.850. The Bertz CT molecular complexity index is 746. The smallest absolute Gasteiger partial charge is 0.416 e. The normalized spacial score (nSPS) is 16.6. The van der Waals surface area contributed by atoms with E-state index in [9.17, 15) is 18.0 Å². The van der Waals surface area contributed by atoms with E-state index in [1.807, 2.05) is 12.1 Å². The molecule has 3 rings (SSSR count). The van der Waals surface area contributed by atoms with E-state index in [1.54, 1.807) is 24.3 Å². The van der Waals surface area contributed by atoms with Crippen molar-refractivity contribution in [2.75, 3.05) is 13.1 Å². The molecule has 1 saturated heterocycles. The molecule has 0 saturated carbocycles. The van der Waals surface area contributed by atoms with Crippen molar-refractivity contribution in [2.45, 2.75) is 31.5 Å². The lowest BCUT2D eigenvalue weighted by molar-refractivity contribution is -0.137. The number of piperidine rings is 1. The Morgan fingerprint density at radius 3 is 2.08 bits per heavy atom. The summed E-state index contributed by atoms with van der Waals surface area (Å²) in [5, 5.41) is 8.92. The molecule has 1 fully saturated rings. The first-order valence-electron chi connectivity index (χ1n) is 8.54. The lowest BCUT2D eigenvalue weighted by Crippen LogP contribution is -2.32. The van der Waals surface area contributed by atoms with Crippen LogP contribution in [0.3, 0.4) is 0 Å². The molecule has 6 heteroatoms. The van der Waals surface area contributed by atoms with Crippen LogP contribution in [-0.4, -0.2) is 29.1 Å². The van der Waals surface area contributed by atoms with E-state index in [2.05, 4.69) is 4.90 Å². The molecule has 0 bridgehead atoms. The summed E-state index contributed by atoms with van der Waals surface area (Å²) < 4.78 is 38.0. The maximum absolute atomic E-state index is 12.7. The highest BCUT2D eigenvalue weighted by Crippen LogP contribution is 2.33. The van der Waals surface area contributed by atoms with Crippen LogP contribution in [0.25, 0.3) is 0 Å². The third-order valence-corrected chi connectivity index (χ3v) is 4.90. The number of aromatic carboxylic acids is 1. The van der Waals surface area contributed by atoms with Crippen LogP contribution in [0.2, 0.25) is 0 Å². The Balaban J connectivity index is 1.54. The van der Waals surface area contributed by atoms with Gasteiger partial charge in [0.05, 0.1) is 11.1 Å². The van der Waals surface area contributed by atoms with Gasteiger partial charge in [0, 0.05) is 6.54 Å². The minimum Gasteiger partial charge on any atom is -0.478 e. The van der Waals surface area contributed by atoms with Gasteiger partial charge in [-0.3, -0.25) is 4.90 Å². The Morgan fingerprint density at radius 2 is 1.58 bits per heavy atom. The van der Waals surface area contributed by atoms with Crippen molar-refractivity contribution in [2.24, 2.45) is 0 Å². The van der Waals surface area contributed by atoms with E-state index in [4.69, 9.17) is 5.11 Å². The van der Waals surface area contributed by atoms with Crippen molar-refractivity contribution >= 4 is 5.97 Å². The molecule has 0 amide bonds. The van der Waals surface area contributed by atoms with E-state index in [0.29, 0.717) is 0 Å². The van der Waals surface area contributed by atoms with Gasteiger partial charge in [-0.25, -0.2) is 4.79 Å². The molecule has 1 N–H and O–H groups in total. The van der Waals surface area contributed by atoms with Gasteiger partial charge in [-0.2, -0.15) is 13.2 Å². The molecule has 1 aliphatic rings. The summed E-state index contributed by atoms with van der Waals surface area (Å²) in [7, 11) is 0. The molecular formula is C20H20F3NO2. The van der Waals surface area contributed by atoms with Gasteiger partial charge in [-0.05, 0) is 67.2 Å². The lowest BCUT2D eigenvalue weighted by atomic mass is 9.89. The maximum atomic E-state index is 12.7. The van der Waals surface area contributed by atoms with Gasteiger partial charge < -0.3 is 5.11 Å². The van der Waals surface area contributed by atoms with Crippen LogP contribution in [-0.2, 0) is 12.7 Å². The van der Waals surface area contributed by atoms with Gasteiger partial charge in [0.2, 0.25) is 0 Å². The molecular weight excluding hydrogens is 343 g/mol. The fourth-order valence-electron chi connectivity index (χ4n) is 3.38. The zero-order valence-electron chi connectivity index (χ0n) is 14.2. The SMILES string of the molecule is O=C(O)c1ccc(CN2CCC(c3ccc(C(F)(F)F)cc3)CC2)cc1. The average molecular weight is 363 g/mol. The Hall–Kier alpha value is -2.34. The first-order valence-corrected chi connectivity index (χ1v) is 8.54. The first kappa shape index (κ1) is 18.5. The van der Waals surface area contributed by atoms with Gasteiger partial charge in [-0.15, -0.1) is 0 Å². The summed E-state index contributed by atoms with van der Waals surface area (Å²) in [5.74, 6) is -0.656. The van der Waals surface area contributed by atoms with Crippen LogP contribution in [0.1, 0.15) is 45.8 Å². The van der Waals surface area contributed by atoms with Crippen molar-refractivity contribution in [1.82, 2.24) is 4.90 Å². The summed E-state index contributed by atoms with van der Waals surface area (Å²) in [6, 6.07) is 12.4. The van der Waals surface area contributed by atoms with E-state index in [-0.39, 0.29) is 11.5 Å². The van der Waals surface area contributed by atoms with E-state index in [1.165, 1.54) is 0 Å². The Morgan fingerprint density at radius 1 is 1.00 bits per heavy atom. The topological polar surface area (TPSA) is 40.5 Å². The molecule has 0 aliphatic carbocycles. The van der Waals surface area contributed by atoms with Crippen molar-refractivity contribution in [3.8, 4) is 0 Å². The number of rotatable bonds is 4. The highest BCUT2D eigenvalue weighted by Gasteiger charge is 2.30. The van der Waals surface area contributed by atoms with Gasteiger partial charge in [0.15, 0.2) is 0 Å². The number of likely N-dealkylation sites (tertiary alicyclic amines) is 1. The van der Waals surface area contributed by atoms with E-state index < -0.39 is 17.7 Å². The van der Waals surface area contributed by atoms with Gasteiger partial charge in [0.1, 0.15) is 0 Å². The number of carboxylic acids is 1. The molecule has 138 valence electrons. The highest BCUT2D eigenvalue weighted by molar-refractivity contribution is 5.87. The molecule has 0 spiro atoms. The summed E-state index contributed by atoms with van der Waals surface area (Å²) in [6.45, 7) is 2.48. The van der Waals surface area contributed by atoms with Gasteiger partial charge >= 0.3 is 12.1 Å². The van der Waals surface area contributed by atoms with Gasteiger partial charge in [-0.1, -0.05) is 24.3 Å². The van der Waals surface area contributed by atoms with Crippen LogP contribution < -0.4 is 0 Å². The third kappa shape index (κ3) is 4.43. The average Bonchev–Trinajstić information content (AvgIpc) is 2.62. The molecule has 2 aromatic carbocycles. The van der Waals surface area contributed by atoms with E-state index in [0.717, 1.165) is 55.7 Å². The minimum atomic E-state index is -4.29. The molecule has 0 unspecified atom stereocenters. The zero-order valence-corrected chi connectivity index (χ0v) is 14.2. The number of carbonyl (C=O) groups is 1. The Labute approximate surface area is 150 Å². The van der Waals surface area contributed by atoms with Crippen LogP contribution >= 0.6 is 0 Å². The predicted molar refractivity (Wildman–Crippen MR) is 92.1 cm³/mol. The highest BCUT2D eigenvalue weighted by atomic mass is 19.4. The summed E-state index contributed by atoms with van der Waals surface area (Å²) >= 11 is 0. The predicted octanol–water partition coefficient (Wildman–Crippen LogP) is 4.78. The zero-order chi connectivity index (χ0) is 18.7. The number of hydrogen-bond donors (Lipinski definition) is 1. The number of halogens is 3. The molecule has 1 heterocycles. The third-order valence-electron chi connectivity index (χ3n) is 4.90. The standard InChI is InChI=1S/C20H20F3NO2/c21-20(22,23)18-7-5-15(6-8-18)16-9-11-24(12-10-16)13-14-1-3-17(4-2-14)19(25)26/h1-8,16H,9-13H2,(H,25,26). The molecule has 2 aromatic rings. The van der Waals surface area contributed by atoms with Crippen LogP contribution in [0.5, 0.6) is 0 Å². The number of alkyl halides is 3. The van der Waals surface area contributed by atoms with Crippen molar-refractivity contribution in [3.63, 3.8) is 0 Å². The molecule has 0 radical (unpaired) electrons. The van der Waals surface area contributed by atoms with Crippen molar-refractivity contribution in [3.05, 3.63) is 70.8 Å². The molecule has 1 aliphatic heterocycles. The second-order valence-corrected chi connectivity index (χ2v) is 6.67. The van der Waals surface area contributed by atoms with E-state index >= 15 is 0 Å². The molecule has 3 nitrogen and oxygen atoms in total. The summed E-state index contributed by atoms with van der Waals surface area (Å²) in [4.78, 5) is 13.2. The van der Waals surface area contributed by atoms with Crippen LogP contribution in [0, 0.1) is 0 Å². The maximum Gasteiger partial charge on any atom is 0.416 e. The minimum absolute atomic E-state index is 0.273. The van der Waals surface area contributed by atoms with Crippen LogP contribution in [0.15, 0.2) is 48.5 Å². The fraction of sp³-hybridized carbons (Fsp3) is 0.350. The number of carboxylic acid groups (broad SMARTS) is 1. The second-order valence-electron chi connectivity index (χ2n) is 6.67. The molecule has 0 aromatic heterocycles. The molecule has 0 atom stereocenters. The summed E-state index contributed by atoms with van der Waals surface area (Å²) in [5.41, 5.74) is 1.68. The first-order chi connectivity index (χ1) is 12.3. The summed E-state index contributed by atoms with van der Waals surface area (Å²) in [6.07, 6.45) is -2.49. The van der Waals surface area contributed by atoms with Crippen molar-refractivity contribution < 1.29 is 23.1 Å². The van der Waals surface area contributed by atoms with Gasteiger partial charge in [0.25, 0.3) is 0 Å². The van der Waals surface area contributed by atoms with Crippen molar-refractivity contribution in [1.29, 1.82) is 0 Å². The monoisotopic (exact) mass is 363 g/mol. The number of benzene rings is 2. The number of nitrogens with zero attached hydrogens (tertiary/aromatic N) is 1. The largest absolute Gasteiger partial charge is 0.478 e. The number of hydrogen-bond acceptors (Lipinski definition) is 2.